The van der Waals surface area contributed by atoms with E-state index in [9.17, 15) is 4.79 Å². The van der Waals surface area contributed by atoms with Gasteiger partial charge in [-0.25, -0.2) is 9.97 Å². The number of hydrogen-bond acceptors (Lipinski definition) is 5. The summed E-state index contributed by atoms with van der Waals surface area (Å²) < 4.78 is 1.97. The molecule has 0 amide bonds. The molecule has 30 heavy (non-hydrogen) atoms. The van der Waals surface area contributed by atoms with Gasteiger partial charge in [0.2, 0.25) is 0 Å². The van der Waals surface area contributed by atoms with Crippen molar-refractivity contribution in [1.29, 1.82) is 0 Å². The largest absolute Gasteiger partial charge is 0.357 e. The lowest BCUT2D eigenvalue weighted by molar-refractivity contribution is 0.281. The van der Waals surface area contributed by atoms with Crippen LogP contribution in [0.5, 0.6) is 0 Å². The van der Waals surface area contributed by atoms with E-state index in [1.807, 2.05) is 42.0 Å². The summed E-state index contributed by atoms with van der Waals surface area (Å²) in [5.74, 6) is 2.46. The Balaban J connectivity index is 1.42. The van der Waals surface area contributed by atoms with Crippen molar-refractivity contribution in [2.24, 2.45) is 5.92 Å². The van der Waals surface area contributed by atoms with Crippen molar-refractivity contribution >= 4 is 16.9 Å². The quantitative estimate of drug-likeness (QED) is 0.561. The van der Waals surface area contributed by atoms with E-state index >= 15 is 0 Å². The SMILES string of the molecule is Cc1nc(N2C[C@@H]3C[C@H](C2)c2cc(-c4ccccn4)cc(=O)n2C3)c2[nH]ccc2n1. The van der Waals surface area contributed by atoms with E-state index in [4.69, 9.17) is 4.98 Å². The summed E-state index contributed by atoms with van der Waals surface area (Å²) in [6, 6.07) is 11.7. The molecule has 0 unspecified atom stereocenters. The fourth-order valence-electron chi connectivity index (χ4n) is 5.08. The molecule has 0 spiro atoms. The summed E-state index contributed by atoms with van der Waals surface area (Å²) >= 11 is 0. The van der Waals surface area contributed by atoms with Crippen molar-refractivity contribution in [3.63, 3.8) is 0 Å². The molecule has 1 saturated heterocycles. The van der Waals surface area contributed by atoms with Gasteiger partial charge in [0.15, 0.2) is 5.82 Å². The van der Waals surface area contributed by atoms with Crippen LogP contribution in [-0.4, -0.2) is 37.6 Å². The topological polar surface area (TPSA) is 79.7 Å². The van der Waals surface area contributed by atoms with Crippen LogP contribution >= 0.6 is 0 Å². The zero-order chi connectivity index (χ0) is 20.2. The van der Waals surface area contributed by atoms with Crippen LogP contribution in [0.25, 0.3) is 22.3 Å². The number of piperidine rings is 1. The Morgan fingerprint density at radius 3 is 2.90 bits per heavy atom. The first-order valence-corrected chi connectivity index (χ1v) is 10.4. The van der Waals surface area contributed by atoms with Gasteiger partial charge in [-0.05, 0) is 43.5 Å². The fraction of sp³-hybridized carbons (Fsp3) is 0.304. The molecule has 6 rings (SSSR count). The van der Waals surface area contributed by atoms with E-state index in [-0.39, 0.29) is 11.5 Å². The monoisotopic (exact) mass is 398 g/mol. The number of nitrogens with zero attached hydrogens (tertiary/aromatic N) is 5. The van der Waals surface area contributed by atoms with Crippen molar-refractivity contribution in [3.8, 4) is 11.3 Å². The molecular formula is C23H22N6O. The molecule has 2 atom stereocenters. The maximum absolute atomic E-state index is 12.9. The number of hydrogen-bond donors (Lipinski definition) is 1. The molecule has 150 valence electrons. The van der Waals surface area contributed by atoms with Crippen LogP contribution in [0.1, 0.15) is 23.9 Å². The van der Waals surface area contributed by atoms with Crippen molar-refractivity contribution in [2.75, 3.05) is 18.0 Å². The molecule has 4 aromatic rings. The first-order chi connectivity index (χ1) is 14.7. The van der Waals surface area contributed by atoms with Gasteiger partial charge >= 0.3 is 0 Å². The van der Waals surface area contributed by atoms with Crippen molar-refractivity contribution < 1.29 is 0 Å². The Bertz CT molecular complexity index is 1310. The molecule has 7 heteroatoms. The van der Waals surface area contributed by atoms with Crippen LogP contribution in [0.4, 0.5) is 5.82 Å². The summed E-state index contributed by atoms with van der Waals surface area (Å²) in [6.45, 7) is 4.43. The molecule has 2 bridgehead atoms. The zero-order valence-electron chi connectivity index (χ0n) is 16.7. The summed E-state index contributed by atoms with van der Waals surface area (Å²) in [4.78, 5) is 32.3. The second-order valence-corrected chi connectivity index (χ2v) is 8.37. The Kier molecular flexibility index (Phi) is 3.78. The van der Waals surface area contributed by atoms with Gasteiger partial charge in [0.25, 0.3) is 5.56 Å². The fourth-order valence-corrected chi connectivity index (χ4v) is 5.08. The van der Waals surface area contributed by atoms with Crippen LogP contribution in [0, 0.1) is 12.8 Å². The van der Waals surface area contributed by atoms with Crippen molar-refractivity contribution in [1.82, 2.24) is 24.5 Å². The molecule has 0 radical (unpaired) electrons. The second kappa shape index (κ2) is 6.52. The number of anilines is 1. The van der Waals surface area contributed by atoms with E-state index in [0.29, 0.717) is 5.92 Å². The number of H-pyrrole nitrogens is 1. The summed E-state index contributed by atoms with van der Waals surface area (Å²) in [6.07, 6.45) is 4.78. The minimum absolute atomic E-state index is 0.0703. The highest BCUT2D eigenvalue weighted by molar-refractivity contribution is 5.86. The second-order valence-electron chi connectivity index (χ2n) is 8.37. The number of pyridine rings is 2. The number of rotatable bonds is 2. The number of nitrogens with one attached hydrogen (secondary N) is 1. The molecule has 0 saturated carbocycles. The predicted octanol–water partition coefficient (Wildman–Crippen LogP) is 3.11. The van der Waals surface area contributed by atoms with E-state index in [0.717, 1.165) is 65.7 Å². The van der Waals surface area contributed by atoms with Crippen LogP contribution in [-0.2, 0) is 6.54 Å². The van der Waals surface area contributed by atoms with Gasteiger partial charge < -0.3 is 14.5 Å². The zero-order valence-corrected chi connectivity index (χ0v) is 16.7. The minimum Gasteiger partial charge on any atom is -0.357 e. The van der Waals surface area contributed by atoms with Gasteiger partial charge in [-0.3, -0.25) is 9.78 Å². The summed E-state index contributed by atoms with van der Waals surface area (Å²) in [5, 5.41) is 0. The molecular weight excluding hydrogens is 376 g/mol. The third-order valence-electron chi connectivity index (χ3n) is 6.32. The van der Waals surface area contributed by atoms with E-state index in [1.54, 1.807) is 12.3 Å². The highest BCUT2D eigenvalue weighted by Gasteiger charge is 2.36. The molecule has 1 N–H and O–H groups in total. The minimum atomic E-state index is 0.0703. The van der Waals surface area contributed by atoms with Gasteiger partial charge in [0.1, 0.15) is 11.3 Å². The first-order valence-electron chi connectivity index (χ1n) is 10.4. The number of aromatic amines is 1. The standard InChI is InChI=1S/C23H22N6O/c1-14-26-19-5-7-25-22(19)23(27-14)28-11-15-8-17(13-28)20-9-16(10-21(30)29(20)12-15)18-4-2-3-6-24-18/h2-7,9-10,15,17,25H,8,11-13H2,1H3/t15-,17+/m0/s1. The molecule has 6 heterocycles. The van der Waals surface area contributed by atoms with E-state index < -0.39 is 0 Å². The molecule has 0 aromatic carbocycles. The molecule has 2 aliphatic rings. The van der Waals surface area contributed by atoms with Crippen molar-refractivity contribution in [2.45, 2.75) is 25.8 Å². The highest BCUT2D eigenvalue weighted by Crippen LogP contribution is 2.38. The molecule has 0 aliphatic carbocycles. The highest BCUT2D eigenvalue weighted by atomic mass is 16.1. The molecule has 4 aromatic heterocycles. The third kappa shape index (κ3) is 2.73. The first kappa shape index (κ1) is 17.4. The third-order valence-corrected chi connectivity index (χ3v) is 6.32. The maximum atomic E-state index is 12.9. The average Bonchev–Trinajstić information content (AvgIpc) is 3.22. The molecule has 1 fully saturated rings. The lowest BCUT2D eigenvalue weighted by Gasteiger charge is -2.43. The Hall–Kier alpha value is -3.48. The summed E-state index contributed by atoms with van der Waals surface area (Å²) in [7, 11) is 0. The summed E-state index contributed by atoms with van der Waals surface area (Å²) in [5.41, 5.74) is 4.85. The molecule has 2 aliphatic heterocycles. The van der Waals surface area contributed by atoms with Crippen LogP contribution in [0.15, 0.2) is 53.6 Å². The number of fused-ring (bicyclic) bond motifs is 5. The van der Waals surface area contributed by atoms with E-state index in [1.165, 1.54) is 0 Å². The average molecular weight is 398 g/mol. The molecule has 7 nitrogen and oxygen atoms in total. The number of aryl methyl sites for hydroxylation is 1. The smallest absolute Gasteiger partial charge is 0.251 e. The van der Waals surface area contributed by atoms with Gasteiger partial charge in [-0.15, -0.1) is 0 Å². The van der Waals surface area contributed by atoms with Crippen LogP contribution < -0.4 is 10.5 Å². The predicted molar refractivity (Wildman–Crippen MR) is 116 cm³/mol. The van der Waals surface area contributed by atoms with Gasteiger partial charge in [-0.1, -0.05) is 6.07 Å². The Labute approximate surface area is 173 Å². The lowest BCUT2D eigenvalue weighted by atomic mass is 9.82. The van der Waals surface area contributed by atoms with Gasteiger partial charge in [0, 0.05) is 55.3 Å². The number of aromatic nitrogens is 5. The Morgan fingerprint density at radius 2 is 2.03 bits per heavy atom. The Morgan fingerprint density at radius 1 is 1.10 bits per heavy atom. The van der Waals surface area contributed by atoms with Gasteiger partial charge in [-0.2, -0.15) is 0 Å². The van der Waals surface area contributed by atoms with Crippen LogP contribution in [0.3, 0.4) is 0 Å². The normalized spacial score (nSPS) is 20.4. The van der Waals surface area contributed by atoms with E-state index in [2.05, 4.69) is 25.9 Å². The van der Waals surface area contributed by atoms with Crippen molar-refractivity contribution in [3.05, 3.63) is 70.7 Å². The lowest BCUT2D eigenvalue weighted by Crippen LogP contribution is -2.47. The maximum Gasteiger partial charge on any atom is 0.251 e. The van der Waals surface area contributed by atoms with Gasteiger partial charge in [0.05, 0.1) is 11.2 Å². The van der Waals surface area contributed by atoms with Crippen LogP contribution in [0.2, 0.25) is 0 Å².